The Labute approximate surface area is 156 Å². The first-order valence-corrected chi connectivity index (χ1v) is 8.92. The fourth-order valence-electron chi connectivity index (χ4n) is 3.47. The molecule has 0 amide bonds. The maximum Gasteiger partial charge on any atom is 0.340 e. The van der Waals surface area contributed by atoms with Gasteiger partial charge in [-0.1, -0.05) is 35.9 Å². The molecule has 0 saturated carbocycles. The van der Waals surface area contributed by atoms with Crippen molar-refractivity contribution in [1.29, 1.82) is 0 Å². The molecule has 0 bridgehead atoms. The number of hydrogen-bond acceptors (Lipinski definition) is 3. The summed E-state index contributed by atoms with van der Waals surface area (Å²) < 4.78 is 7.21. The lowest BCUT2D eigenvalue weighted by molar-refractivity contribution is 0.0526. The molecule has 0 saturated heterocycles. The van der Waals surface area contributed by atoms with Gasteiger partial charge in [-0.25, -0.2) is 4.79 Å². The average Bonchev–Trinajstić information content (AvgIpc) is 2.69. The summed E-state index contributed by atoms with van der Waals surface area (Å²) in [5.74, 6) is -0.379. The molecule has 0 unspecified atom stereocenters. The number of hydrogen-bond donors (Lipinski definition) is 0. The third-order valence-electron chi connectivity index (χ3n) is 4.67. The number of pyridine rings is 1. The summed E-state index contributed by atoms with van der Waals surface area (Å²) in [6, 6.07) is 20.6. The topological polar surface area (TPSA) is 48.3 Å². The maximum atomic E-state index is 13.0. The lowest BCUT2D eigenvalue weighted by Crippen LogP contribution is -2.14. The van der Waals surface area contributed by atoms with E-state index in [1.807, 2.05) is 72.2 Å². The van der Waals surface area contributed by atoms with Gasteiger partial charge in [0.05, 0.1) is 28.9 Å². The number of ether oxygens (including phenoxy) is 1. The van der Waals surface area contributed by atoms with E-state index in [1.54, 1.807) is 13.0 Å². The van der Waals surface area contributed by atoms with Crippen molar-refractivity contribution in [2.24, 2.45) is 0 Å². The molecule has 4 nitrogen and oxygen atoms in total. The standard InChI is InChI=1S/C23H19NO3/c1-3-27-23(26)17-9-5-7-11-20(17)24-19-10-6-4-8-16(19)22(25)18-14-15(2)12-13-21(18)24/h4-14H,3H2,1-2H3. The van der Waals surface area contributed by atoms with Crippen LogP contribution in [0.3, 0.4) is 0 Å². The van der Waals surface area contributed by atoms with Gasteiger partial charge < -0.3 is 9.30 Å². The predicted molar refractivity (Wildman–Crippen MR) is 108 cm³/mol. The van der Waals surface area contributed by atoms with Gasteiger partial charge in [0.2, 0.25) is 0 Å². The number of carbonyl (C=O) groups is 1. The van der Waals surface area contributed by atoms with E-state index in [0.29, 0.717) is 28.6 Å². The maximum absolute atomic E-state index is 13.0. The van der Waals surface area contributed by atoms with Crippen molar-refractivity contribution in [2.45, 2.75) is 13.8 Å². The summed E-state index contributed by atoms with van der Waals surface area (Å²) in [5, 5.41) is 1.25. The molecule has 4 aromatic rings. The normalized spacial score (nSPS) is 11.0. The molecule has 0 aliphatic carbocycles. The molecule has 0 radical (unpaired) electrons. The van der Waals surface area contributed by atoms with Crippen LogP contribution in [0.5, 0.6) is 0 Å². The van der Waals surface area contributed by atoms with Crippen molar-refractivity contribution in [3.8, 4) is 5.69 Å². The Kier molecular flexibility index (Phi) is 4.24. The van der Waals surface area contributed by atoms with E-state index >= 15 is 0 Å². The number of aromatic nitrogens is 1. The SMILES string of the molecule is CCOC(=O)c1ccccc1-n1c2ccccc2c(=O)c2cc(C)ccc21. The van der Waals surface area contributed by atoms with Gasteiger partial charge in [-0.05, 0) is 50.2 Å². The van der Waals surface area contributed by atoms with Gasteiger partial charge in [-0.15, -0.1) is 0 Å². The van der Waals surface area contributed by atoms with Crippen LogP contribution in [-0.2, 0) is 4.74 Å². The molecule has 134 valence electrons. The molecule has 1 heterocycles. The second-order valence-electron chi connectivity index (χ2n) is 6.44. The highest BCUT2D eigenvalue weighted by Gasteiger charge is 2.18. The molecule has 0 aliphatic heterocycles. The summed E-state index contributed by atoms with van der Waals surface area (Å²) in [7, 11) is 0. The Balaban J connectivity index is 2.18. The van der Waals surface area contributed by atoms with Gasteiger partial charge in [0.15, 0.2) is 5.43 Å². The van der Waals surface area contributed by atoms with Crippen LogP contribution < -0.4 is 5.43 Å². The zero-order valence-electron chi connectivity index (χ0n) is 15.2. The molecule has 0 atom stereocenters. The van der Waals surface area contributed by atoms with Crippen molar-refractivity contribution in [3.05, 3.63) is 88.1 Å². The van der Waals surface area contributed by atoms with Crippen LogP contribution in [0, 0.1) is 6.92 Å². The van der Waals surface area contributed by atoms with Crippen LogP contribution in [0.2, 0.25) is 0 Å². The quantitative estimate of drug-likeness (QED) is 0.397. The van der Waals surface area contributed by atoms with Gasteiger partial charge in [0.25, 0.3) is 0 Å². The van der Waals surface area contributed by atoms with Crippen LogP contribution in [0.4, 0.5) is 0 Å². The molecule has 4 rings (SSSR count). The van der Waals surface area contributed by atoms with Gasteiger partial charge in [-0.3, -0.25) is 4.79 Å². The highest BCUT2D eigenvalue weighted by molar-refractivity contribution is 5.99. The Hall–Kier alpha value is -3.40. The van der Waals surface area contributed by atoms with E-state index in [0.717, 1.165) is 16.6 Å². The number of fused-ring (bicyclic) bond motifs is 2. The van der Waals surface area contributed by atoms with Gasteiger partial charge >= 0.3 is 5.97 Å². The highest BCUT2D eigenvalue weighted by Crippen LogP contribution is 2.27. The van der Waals surface area contributed by atoms with E-state index in [-0.39, 0.29) is 11.4 Å². The molecule has 1 aromatic heterocycles. The van der Waals surface area contributed by atoms with E-state index in [4.69, 9.17) is 4.74 Å². The lowest BCUT2D eigenvalue weighted by atomic mass is 10.1. The van der Waals surface area contributed by atoms with Crippen LogP contribution in [0.15, 0.2) is 71.5 Å². The highest BCUT2D eigenvalue weighted by atomic mass is 16.5. The number of para-hydroxylation sites is 2. The smallest absolute Gasteiger partial charge is 0.340 e. The van der Waals surface area contributed by atoms with E-state index in [2.05, 4.69) is 0 Å². The van der Waals surface area contributed by atoms with Gasteiger partial charge in [0.1, 0.15) is 0 Å². The summed E-state index contributed by atoms with van der Waals surface area (Å²) >= 11 is 0. The lowest BCUT2D eigenvalue weighted by Gasteiger charge is -2.18. The van der Waals surface area contributed by atoms with Gasteiger partial charge in [-0.2, -0.15) is 0 Å². The monoisotopic (exact) mass is 357 g/mol. The molecule has 0 aliphatic rings. The summed E-state index contributed by atoms with van der Waals surface area (Å²) in [4.78, 5) is 25.6. The minimum absolute atomic E-state index is 0.00540. The second-order valence-corrected chi connectivity index (χ2v) is 6.44. The number of carbonyl (C=O) groups excluding carboxylic acids is 1. The Morgan fingerprint density at radius 2 is 1.63 bits per heavy atom. The van der Waals surface area contributed by atoms with Crippen molar-refractivity contribution in [2.75, 3.05) is 6.61 Å². The minimum Gasteiger partial charge on any atom is -0.462 e. The number of benzene rings is 3. The molecule has 3 aromatic carbocycles. The fraction of sp³-hybridized carbons (Fsp3) is 0.130. The molecule has 0 N–H and O–H groups in total. The molecule has 4 heteroatoms. The van der Waals surface area contributed by atoms with Crippen molar-refractivity contribution in [1.82, 2.24) is 4.57 Å². The Morgan fingerprint density at radius 1 is 0.926 bits per heavy atom. The van der Waals surface area contributed by atoms with E-state index in [9.17, 15) is 9.59 Å². The number of nitrogens with zero attached hydrogens (tertiary/aromatic N) is 1. The first kappa shape index (κ1) is 17.0. The van der Waals surface area contributed by atoms with E-state index < -0.39 is 0 Å². The van der Waals surface area contributed by atoms with Crippen molar-refractivity contribution >= 4 is 27.8 Å². The molecular formula is C23H19NO3. The summed E-state index contributed by atoms with van der Waals surface area (Å²) in [6.07, 6.45) is 0. The third kappa shape index (κ3) is 2.79. The average molecular weight is 357 g/mol. The fourth-order valence-corrected chi connectivity index (χ4v) is 3.47. The molecule has 27 heavy (non-hydrogen) atoms. The van der Waals surface area contributed by atoms with Crippen LogP contribution in [0.25, 0.3) is 27.5 Å². The number of rotatable bonds is 3. The molecule has 0 fully saturated rings. The zero-order chi connectivity index (χ0) is 19.0. The first-order chi connectivity index (χ1) is 13.1. The van der Waals surface area contributed by atoms with E-state index in [1.165, 1.54) is 0 Å². The Bertz CT molecular complexity index is 1240. The predicted octanol–water partition coefficient (Wildman–Crippen LogP) is 4.63. The van der Waals surface area contributed by atoms with Crippen LogP contribution in [0.1, 0.15) is 22.8 Å². The third-order valence-corrected chi connectivity index (χ3v) is 4.67. The molecular weight excluding hydrogens is 338 g/mol. The van der Waals surface area contributed by atoms with Crippen LogP contribution >= 0.6 is 0 Å². The largest absolute Gasteiger partial charge is 0.462 e. The van der Waals surface area contributed by atoms with Crippen molar-refractivity contribution in [3.63, 3.8) is 0 Å². The molecule has 0 spiro atoms. The summed E-state index contributed by atoms with van der Waals surface area (Å²) in [5.41, 5.74) is 3.70. The second kappa shape index (κ2) is 6.72. The number of esters is 1. The van der Waals surface area contributed by atoms with Crippen LogP contribution in [-0.4, -0.2) is 17.1 Å². The van der Waals surface area contributed by atoms with Crippen molar-refractivity contribution < 1.29 is 9.53 Å². The first-order valence-electron chi connectivity index (χ1n) is 8.92. The van der Waals surface area contributed by atoms with Gasteiger partial charge in [0, 0.05) is 10.8 Å². The zero-order valence-corrected chi connectivity index (χ0v) is 15.2. The summed E-state index contributed by atoms with van der Waals surface area (Å²) in [6.45, 7) is 4.05. The minimum atomic E-state index is -0.379. The Morgan fingerprint density at radius 3 is 2.44 bits per heavy atom. The number of aryl methyl sites for hydroxylation is 1.